The van der Waals surface area contributed by atoms with Crippen LogP contribution in [0.1, 0.15) is 40.7 Å². The Kier molecular flexibility index (Phi) is 3.10. The minimum atomic E-state index is 0.508. The highest BCUT2D eigenvalue weighted by molar-refractivity contribution is 7.09. The number of aryl methyl sites for hydroxylation is 1. The molecule has 0 bridgehead atoms. The summed E-state index contributed by atoms with van der Waals surface area (Å²) in [5.41, 5.74) is 9.82. The van der Waals surface area contributed by atoms with Crippen LogP contribution in [-0.4, -0.2) is 15.0 Å². The average Bonchev–Trinajstić information content (AvgIpc) is 3.15. The lowest BCUT2D eigenvalue weighted by molar-refractivity contribution is 0.917. The molecular weight excluding hydrogens is 258 g/mol. The number of nitrogens with zero attached hydrogens (tertiary/aromatic N) is 3. The molecule has 0 aromatic carbocycles. The summed E-state index contributed by atoms with van der Waals surface area (Å²) in [5, 5.41) is 3.36. The van der Waals surface area contributed by atoms with E-state index in [1.807, 2.05) is 19.4 Å². The van der Waals surface area contributed by atoms with Crippen molar-refractivity contribution in [1.29, 1.82) is 0 Å². The van der Waals surface area contributed by atoms with Crippen molar-refractivity contribution in [3.63, 3.8) is 0 Å². The summed E-state index contributed by atoms with van der Waals surface area (Å²) in [6.07, 6.45) is 2.35. The van der Waals surface area contributed by atoms with Crippen LogP contribution in [0.15, 0.2) is 5.51 Å². The molecule has 3 N–H and O–H groups in total. The Morgan fingerprint density at radius 2 is 2.16 bits per heavy atom. The second kappa shape index (κ2) is 4.77. The Morgan fingerprint density at radius 3 is 2.79 bits per heavy atom. The van der Waals surface area contributed by atoms with Gasteiger partial charge in [0.05, 0.1) is 17.7 Å². The smallest absolute Gasteiger partial charge is 0.136 e. The zero-order chi connectivity index (χ0) is 13.4. The molecule has 100 valence electrons. The summed E-state index contributed by atoms with van der Waals surface area (Å²) < 4.78 is 0. The van der Waals surface area contributed by atoms with E-state index in [1.165, 1.54) is 17.7 Å². The van der Waals surface area contributed by atoms with Gasteiger partial charge in [-0.2, -0.15) is 0 Å². The molecule has 0 atom stereocenters. The third-order valence-electron chi connectivity index (χ3n) is 3.40. The molecule has 5 nitrogen and oxygen atoms in total. The van der Waals surface area contributed by atoms with Crippen molar-refractivity contribution < 1.29 is 0 Å². The second-order valence-corrected chi connectivity index (χ2v) is 5.87. The zero-order valence-corrected chi connectivity index (χ0v) is 11.9. The first-order chi connectivity index (χ1) is 9.15. The number of hydrogen-bond donors (Lipinski definition) is 2. The van der Waals surface area contributed by atoms with Crippen molar-refractivity contribution in [2.75, 3.05) is 11.1 Å². The topological polar surface area (TPSA) is 76.7 Å². The van der Waals surface area contributed by atoms with Gasteiger partial charge in [0.25, 0.3) is 0 Å². The number of nitrogen functional groups attached to an aromatic ring is 1. The van der Waals surface area contributed by atoms with Crippen LogP contribution < -0.4 is 11.1 Å². The average molecular weight is 275 g/mol. The van der Waals surface area contributed by atoms with Gasteiger partial charge >= 0.3 is 0 Å². The zero-order valence-electron chi connectivity index (χ0n) is 11.1. The first-order valence-corrected chi connectivity index (χ1v) is 7.30. The fourth-order valence-corrected chi connectivity index (χ4v) is 2.62. The SMILES string of the molecule is Cc1ncsc1CNc1nc(C2CC2)nc(N)c1C. The van der Waals surface area contributed by atoms with Crippen LogP contribution in [0.3, 0.4) is 0 Å². The molecule has 0 amide bonds. The highest BCUT2D eigenvalue weighted by Gasteiger charge is 2.27. The van der Waals surface area contributed by atoms with Crippen LogP contribution in [0.5, 0.6) is 0 Å². The molecule has 0 unspecified atom stereocenters. The van der Waals surface area contributed by atoms with Gasteiger partial charge in [0.1, 0.15) is 17.5 Å². The number of aromatic nitrogens is 3. The molecule has 2 heterocycles. The van der Waals surface area contributed by atoms with Gasteiger partial charge in [0.2, 0.25) is 0 Å². The first kappa shape index (κ1) is 12.3. The van der Waals surface area contributed by atoms with E-state index < -0.39 is 0 Å². The Labute approximate surface area is 116 Å². The number of nitrogens with one attached hydrogen (secondary N) is 1. The second-order valence-electron chi connectivity index (χ2n) is 4.93. The van der Waals surface area contributed by atoms with Crippen LogP contribution in [0.4, 0.5) is 11.6 Å². The maximum absolute atomic E-state index is 5.97. The molecule has 0 radical (unpaired) electrons. The molecule has 6 heteroatoms. The van der Waals surface area contributed by atoms with Gasteiger partial charge in [-0.3, -0.25) is 0 Å². The molecular formula is C13H17N5S. The van der Waals surface area contributed by atoms with Crippen molar-refractivity contribution in [2.24, 2.45) is 0 Å². The van der Waals surface area contributed by atoms with E-state index in [2.05, 4.69) is 20.3 Å². The summed E-state index contributed by atoms with van der Waals surface area (Å²) >= 11 is 1.65. The van der Waals surface area contributed by atoms with E-state index in [0.29, 0.717) is 11.7 Å². The number of nitrogens with two attached hydrogens (primary N) is 1. The van der Waals surface area contributed by atoms with Crippen LogP contribution >= 0.6 is 11.3 Å². The highest BCUT2D eigenvalue weighted by atomic mass is 32.1. The molecule has 3 rings (SSSR count). The third kappa shape index (κ3) is 2.53. The highest BCUT2D eigenvalue weighted by Crippen LogP contribution is 2.39. The summed E-state index contributed by atoms with van der Waals surface area (Å²) in [7, 11) is 0. The van der Waals surface area contributed by atoms with E-state index in [9.17, 15) is 0 Å². The first-order valence-electron chi connectivity index (χ1n) is 6.42. The number of thiazole rings is 1. The van der Waals surface area contributed by atoms with E-state index in [1.54, 1.807) is 11.3 Å². The van der Waals surface area contributed by atoms with Crippen LogP contribution in [-0.2, 0) is 6.54 Å². The fraction of sp³-hybridized carbons (Fsp3) is 0.462. The maximum atomic E-state index is 5.97. The Hall–Kier alpha value is -1.69. The van der Waals surface area contributed by atoms with Gasteiger partial charge in [-0.05, 0) is 26.7 Å². The van der Waals surface area contributed by atoms with Gasteiger partial charge in [0, 0.05) is 16.4 Å². The summed E-state index contributed by atoms with van der Waals surface area (Å²) in [6, 6.07) is 0. The number of rotatable bonds is 4. The van der Waals surface area contributed by atoms with E-state index in [0.717, 1.165) is 29.4 Å². The van der Waals surface area contributed by atoms with Gasteiger partial charge in [-0.1, -0.05) is 0 Å². The molecule has 0 spiro atoms. The van der Waals surface area contributed by atoms with Gasteiger partial charge in [0.15, 0.2) is 0 Å². The summed E-state index contributed by atoms with van der Waals surface area (Å²) in [5.74, 6) is 2.82. The molecule has 0 saturated heterocycles. The van der Waals surface area contributed by atoms with E-state index in [-0.39, 0.29) is 0 Å². The molecule has 2 aromatic heterocycles. The lowest BCUT2D eigenvalue weighted by Crippen LogP contribution is -2.09. The molecule has 19 heavy (non-hydrogen) atoms. The largest absolute Gasteiger partial charge is 0.383 e. The fourth-order valence-electron chi connectivity index (χ4n) is 1.91. The quantitative estimate of drug-likeness (QED) is 0.897. The van der Waals surface area contributed by atoms with Crippen molar-refractivity contribution in [3.05, 3.63) is 27.5 Å². The van der Waals surface area contributed by atoms with Crippen LogP contribution in [0, 0.1) is 13.8 Å². The number of anilines is 2. The van der Waals surface area contributed by atoms with Gasteiger partial charge < -0.3 is 11.1 Å². The molecule has 2 aromatic rings. The monoisotopic (exact) mass is 275 g/mol. The minimum Gasteiger partial charge on any atom is -0.383 e. The molecule has 1 fully saturated rings. The van der Waals surface area contributed by atoms with Crippen molar-refractivity contribution in [2.45, 2.75) is 39.2 Å². The predicted octanol–water partition coefficient (Wildman–Crippen LogP) is 2.62. The van der Waals surface area contributed by atoms with E-state index >= 15 is 0 Å². The Bertz CT molecular complexity index is 603. The maximum Gasteiger partial charge on any atom is 0.136 e. The lowest BCUT2D eigenvalue weighted by Gasteiger charge is -2.11. The van der Waals surface area contributed by atoms with E-state index in [4.69, 9.17) is 5.73 Å². The lowest BCUT2D eigenvalue weighted by atomic mass is 10.2. The van der Waals surface area contributed by atoms with Crippen molar-refractivity contribution >= 4 is 23.0 Å². The van der Waals surface area contributed by atoms with Crippen molar-refractivity contribution in [1.82, 2.24) is 15.0 Å². The summed E-state index contributed by atoms with van der Waals surface area (Å²) in [6.45, 7) is 4.70. The van der Waals surface area contributed by atoms with Gasteiger partial charge in [-0.25, -0.2) is 15.0 Å². The van der Waals surface area contributed by atoms with Crippen LogP contribution in [0.2, 0.25) is 0 Å². The minimum absolute atomic E-state index is 0.508. The molecule has 1 aliphatic rings. The number of hydrogen-bond acceptors (Lipinski definition) is 6. The standard InChI is InChI=1S/C13H17N5S/c1-7-11(14)17-13(9-3-4-9)18-12(7)15-5-10-8(2)16-6-19-10/h6,9H,3-5H2,1-2H3,(H3,14,15,17,18). The van der Waals surface area contributed by atoms with Crippen molar-refractivity contribution in [3.8, 4) is 0 Å². The molecule has 1 saturated carbocycles. The Morgan fingerprint density at radius 1 is 1.37 bits per heavy atom. The van der Waals surface area contributed by atoms with Gasteiger partial charge in [-0.15, -0.1) is 11.3 Å². The third-order valence-corrected chi connectivity index (χ3v) is 4.34. The Balaban J connectivity index is 1.81. The van der Waals surface area contributed by atoms with Crippen LogP contribution in [0.25, 0.3) is 0 Å². The normalized spacial score (nSPS) is 14.6. The predicted molar refractivity (Wildman–Crippen MR) is 77.3 cm³/mol. The molecule has 0 aliphatic heterocycles. The summed E-state index contributed by atoms with van der Waals surface area (Å²) in [4.78, 5) is 14.5. The molecule has 1 aliphatic carbocycles.